The molecule has 4 heteroatoms. The van der Waals surface area contributed by atoms with E-state index < -0.39 is 0 Å². The van der Waals surface area contributed by atoms with Crippen LogP contribution in [-0.2, 0) is 4.79 Å². The van der Waals surface area contributed by atoms with Crippen molar-refractivity contribution in [2.24, 2.45) is 0 Å². The van der Waals surface area contributed by atoms with Crippen molar-refractivity contribution >= 4 is 12.0 Å². The molecule has 1 aliphatic heterocycles. The fourth-order valence-corrected chi connectivity index (χ4v) is 3.03. The lowest BCUT2D eigenvalue weighted by Gasteiger charge is -2.36. The number of allylic oxidation sites excluding steroid dienone is 4. The van der Waals surface area contributed by atoms with E-state index in [9.17, 15) is 4.79 Å². The highest BCUT2D eigenvalue weighted by Gasteiger charge is 2.19. The van der Waals surface area contributed by atoms with E-state index in [2.05, 4.69) is 24.5 Å². The predicted molar refractivity (Wildman–Crippen MR) is 117 cm³/mol. The van der Waals surface area contributed by atoms with E-state index in [-0.39, 0.29) is 5.91 Å². The highest BCUT2D eigenvalue weighted by atomic mass is 16.5. The van der Waals surface area contributed by atoms with Crippen LogP contribution in [0.1, 0.15) is 32.3 Å². The number of rotatable bonds is 9. The van der Waals surface area contributed by atoms with Gasteiger partial charge in [0.2, 0.25) is 5.91 Å². The molecule has 1 fully saturated rings. The van der Waals surface area contributed by atoms with Crippen molar-refractivity contribution in [2.75, 3.05) is 32.8 Å². The van der Waals surface area contributed by atoms with Crippen LogP contribution in [0.15, 0.2) is 66.9 Å². The van der Waals surface area contributed by atoms with Crippen LogP contribution in [-0.4, -0.2) is 48.5 Å². The van der Waals surface area contributed by atoms with Crippen LogP contribution in [0.5, 0.6) is 5.75 Å². The maximum absolute atomic E-state index is 12.5. The van der Waals surface area contributed by atoms with E-state index in [1.807, 2.05) is 54.3 Å². The zero-order valence-electron chi connectivity index (χ0n) is 17.1. The largest absolute Gasteiger partial charge is 0.494 e. The Kier molecular flexibility index (Phi) is 9.13. The number of hydrogen-bond donors (Lipinski definition) is 0. The molecule has 4 nitrogen and oxygen atoms in total. The van der Waals surface area contributed by atoms with E-state index in [0.29, 0.717) is 0 Å². The smallest absolute Gasteiger partial charge is 0.246 e. The average molecular weight is 381 g/mol. The van der Waals surface area contributed by atoms with Gasteiger partial charge in [-0.2, -0.15) is 0 Å². The third-order valence-corrected chi connectivity index (χ3v) is 4.65. The van der Waals surface area contributed by atoms with Crippen molar-refractivity contribution in [1.29, 1.82) is 0 Å². The Labute approximate surface area is 169 Å². The molecule has 0 unspecified atom stereocenters. The van der Waals surface area contributed by atoms with Crippen molar-refractivity contribution in [3.05, 3.63) is 72.5 Å². The molecule has 0 atom stereocenters. The van der Waals surface area contributed by atoms with Gasteiger partial charge in [0.15, 0.2) is 0 Å². The number of unbranched alkanes of at least 4 members (excludes halogenated alkanes) is 1. The minimum absolute atomic E-state index is 0.0585. The number of carbonyl (C=O) groups is 1. The SMILES string of the molecule is C=C/C=C(\C=C/C)N1CCN(C(=O)/C=C/c2ccc(OCCCC)cc2)CC1. The molecule has 1 aliphatic rings. The second kappa shape index (κ2) is 11.9. The van der Waals surface area contributed by atoms with Crippen LogP contribution in [0.4, 0.5) is 0 Å². The summed E-state index contributed by atoms with van der Waals surface area (Å²) in [5, 5.41) is 0. The van der Waals surface area contributed by atoms with Gasteiger partial charge in [0.1, 0.15) is 5.75 Å². The van der Waals surface area contributed by atoms with Gasteiger partial charge in [-0.1, -0.05) is 44.2 Å². The van der Waals surface area contributed by atoms with Crippen molar-refractivity contribution in [1.82, 2.24) is 9.80 Å². The van der Waals surface area contributed by atoms with Gasteiger partial charge in [0.25, 0.3) is 0 Å². The second-order valence-electron chi connectivity index (χ2n) is 6.74. The van der Waals surface area contributed by atoms with Crippen LogP contribution in [0.3, 0.4) is 0 Å². The van der Waals surface area contributed by atoms with Gasteiger partial charge in [-0.25, -0.2) is 0 Å². The molecule has 0 radical (unpaired) electrons. The summed E-state index contributed by atoms with van der Waals surface area (Å²) >= 11 is 0. The van der Waals surface area contributed by atoms with E-state index in [1.165, 1.54) is 0 Å². The monoisotopic (exact) mass is 380 g/mol. The van der Waals surface area contributed by atoms with Crippen molar-refractivity contribution < 1.29 is 9.53 Å². The third-order valence-electron chi connectivity index (χ3n) is 4.65. The maximum atomic E-state index is 12.5. The first kappa shape index (κ1) is 21.5. The number of hydrogen-bond acceptors (Lipinski definition) is 3. The lowest BCUT2D eigenvalue weighted by atomic mass is 10.2. The Morgan fingerprint density at radius 2 is 1.79 bits per heavy atom. The van der Waals surface area contributed by atoms with Crippen LogP contribution in [0, 0.1) is 0 Å². The average Bonchev–Trinajstić information content (AvgIpc) is 2.73. The molecule has 150 valence electrons. The number of ether oxygens (including phenoxy) is 1. The molecule has 0 saturated carbocycles. The molecule has 0 bridgehead atoms. The predicted octanol–water partition coefficient (Wildman–Crippen LogP) is 4.67. The van der Waals surface area contributed by atoms with E-state index >= 15 is 0 Å². The van der Waals surface area contributed by atoms with Crippen molar-refractivity contribution in [2.45, 2.75) is 26.7 Å². The Morgan fingerprint density at radius 1 is 1.11 bits per heavy atom. The third kappa shape index (κ3) is 6.76. The first-order valence-corrected chi connectivity index (χ1v) is 10.1. The molecule has 1 heterocycles. The fourth-order valence-electron chi connectivity index (χ4n) is 3.03. The Bertz CT molecular complexity index is 709. The van der Waals surface area contributed by atoms with E-state index in [1.54, 1.807) is 12.2 Å². The van der Waals surface area contributed by atoms with Gasteiger partial charge < -0.3 is 14.5 Å². The summed E-state index contributed by atoms with van der Waals surface area (Å²) in [4.78, 5) is 16.7. The van der Waals surface area contributed by atoms with Crippen LogP contribution < -0.4 is 4.74 Å². The summed E-state index contributed by atoms with van der Waals surface area (Å²) in [5.41, 5.74) is 2.14. The van der Waals surface area contributed by atoms with Gasteiger partial charge in [0.05, 0.1) is 6.61 Å². The molecule has 1 aromatic carbocycles. The molecule has 1 amide bonds. The van der Waals surface area contributed by atoms with Crippen LogP contribution in [0.2, 0.25) is 0 Å². The highest BCUT2D eigenvalue weighted by Crippen LogP contribution is 2.15. The molecule has 28 heavy (non-hydrogen) atoms. The quantitative estimate of drug-likeness (QED) is 0.355. The first-order chi connectivity index (χ1) is 13.7. The van der Waals surface area contributed by atoms with E-state index in [0.717, 1.165) is 62.6 Å². The van der Waals surface area contributed by atoms with Crippen LogP contribution >= 0.6 is 0 Å². The summed E-state index contributed by atoms with van der Waals surface area (Å²) < 4.78 is 5.67. The normalized spacial score (nSPS) is 15.4. The molecule has 0 spiro atoms. The summed E-state index contributed by atoms with van der Waals surface area (Å²) in [6.45, 7) is 11.8. The lowest BCUT2D eigenvalue weighted by Crippen LogP contribution is -2.47. The van der Waals surface area contributed by atoms with E-state index in [4.69, 9.17) is 4.74 Å². The second-order valence-corrected chi connectivity index (χ2v) is 6.74. The Morgan fingerprint density at radius 3 is 2.39 bits per heavy atom. The summed E-state index contributed by atoms with van der Waals surface area (Å²) in [6.07, 6.45) is 13.6. The topological polar surface area (TPSA) is 32.8 Å². The lowest BCUT2D eigenvalue weighted by molar-refractivity contribution is -0.127. The van der Waals surface area contributed by atoms with Gasteiger partial charge in [-0.05, 0) is 49.3 Å². The number of carbonyl (C=O) groups excluding carboxylic acids is 1. The number of nitrogens with zero attached hydrogens (tertiary/aromatic N) is 2. The van der Waals surface area contributed by atoms with Crippen molar-refractivity contribution in [3.8, 4) is 5.75 Å². The highest BCUT2D eigenvalue weighted by molar-refractivity contribution is 5.91. The zero-order valence-corrected chi connectivity index (χ0v) is 17.1. The summed E-state index contributed by atoms with van der Waals surface area (Å²) in [7, 11) is 0. The minimum atomic E-state index is 0.0585. The minimum Gasteiger partial charge on any atom is -0.494 e. The zero-order chi connectivity index (χ0) is 20.2. The first-order valence-electron chi connectivity index (χ1n) is 10.1. The van der Waals surface area contributed by atoms with Gasteiger partial charge in [0, 0.05) is 38.0 Å². The van der Waals surface area contributed by atoms with Gasteiger partial charge in [-0.3, -0.25) is 4.79 Å². The maximum Gasteiger partial charge on any atom is 0.246 e. The molecular weight excluding hydrogens is 348 g/mol. The standard InChI is InChI=1S/C24H32N2O2/c1-4-7-20-28-23-13-10-21(11-14-23)12-15-24(27)26-18-16-25(17-19-26)22(8-5-2)9-6-3/h5-6,8-15H,2,4,7,16-20H2,1,3H3/b9-6-,15-12+,22-8+. The molecule has 1 saturated heterocycles. The summed E-state index contributed by atoms with van der Waals surface area (Å²) in [5.74, 6) is 0.931. The molecule has 2 rings (SSSR count). The number of amides is 1. The molecule has 0 aliphatic carbocycles. The molecule has 1 aromatic rings. The Balaban J connectivity index is 1.85. The number of benzene rings is 1. The Hall–Kier alpha value is -2.75. The summed E-state index contributed by atoms with van der Waals surface area (Å²) in [6, 6.07) is 7.86. The molecular formula is C24H32N2O2. The fraction of sp³-hybridized carbons (Fsp3) is 0.375. The molecule has 0 aromatic heterocycles. The molecule has 0 N–H and O–H groups in total. The van der Waals surface area contributed by atoms with Gasteiger partial charge >= 0.3 is 0 Å². The van der Waals surface area contributed by atoms with Crippen LogP contribution in [0.25, 0.3) is 6.08 Å². The van der Waals surface area contributed by atoms with Crippen molar-refractivity contribution in [3.63, 3.8) is 0 Å². The van der Waals surface area contributed by atoms with Gasteiger partial charge in [-0.15, -0.1) is 0 Å². The number of piperazine rings is 1.